The van der Waals surface area contributed by atoms with Crippen molar-refractivity contribution >= 4 is 15.9 Å². The Labute approximate surface area is 117 Å². The van der Waals surface area contributed by atoms with Gasteiger partial charge < -0.3 is 5.32 Å². The molecule has 0 aliphatic carbocycles. The minimum Gasteiger partial charge on any atom is -0.309 e. The van der Waals surface area contributed by atoms with Gasteiger partial charge in [-0.15, -0.1) is 0 Å². The minimum atomic E-state index is 0.160. The zero-order valence-corrected chi connectivity index (χ0v) is 12.5. The van der Waals surface area contributed by atoms with Gasteiger partial charge >= 0.3 is 0 Å². The number of aryl methyl sites for hydroxylation is 2. The molecule has 2 aromatic rings. The average Bonchev–Trinajstić information content (AvgIpc) is 2.37. The maximum Gasteiger partial charge on any atom is 0.0600 e. The van der Waals surface area contributed by atoms with Crippen LogP contribution in [0.15, 0.2) is 41.0 Å². The fourth-order valence-corrected chi connectivity index (χ4v) is 2.54. The Kier molecular flexibility index (Phi) is 4.15. The molecule has 1 aromatic carbocycles. The standard InChI is InChI=1S/C15H17BrN2/c1-10-5-4-6-13(14(10)16)15(17-3)12-8-7-11(2)18-9-12/h4-9,15,17H,1-3H3. The summed E-state index contributed by atoms with van der Waals surface area (Å²) in [7, 11) is 1.97. The van der Waals surface area contributed by atoms with E-state index in [0.29, 0.717) is 0 Å². The number of nitrogens with zero attached hydrogens (tertiary/aromatic N) is 1. The largest absolute Gasteiger partial charge is 0.309 e. The number of pyridine rings is 1. The first-order valence-electron chi connectivity index (χ1n) is 5.98. The Morgan fingerprint density at radius 2 is 1.94 bits per heavy atom. The molecule has 1 atom stereocenters. The summed E-state index contributed by atoms with van der Waals surface area (Å²) < 4.78 is 1.16. The Morgan fingerprint density at radius 1 is 1.17 bits per heavy atom. The van der Waals surface area contributed by atoms with E-state index in [0.717, 1.165) is 10.2 Å². The predicted octanol–water partition coefficient (Wildman–Crippen LogP) is 3.77. The third-order valence-electron chi connectivity index (χ3n) is 3.09. The number of hydrogen-bond acceptors (Lipinski definition) is 2. The lowest BCUT2D eigenvalue weighted by molar-refractivity contribution is 0.684. The molecule has 0 aliphatic rings. The fourth-order valence-electron chi connectivity index (χ4n) is 2.04. The molecule has 1 heterocycles. The van der Waals surface area contributed by atoms with Gasteiger partial charge in [0.25, 0.3) is 0 Å². The molecular weight excluding hydrogens is 288 g/mol. The van der Waals surface area contributed by atoms with Gasteiger partial charge in [0.05, 0.1) is 6.04 Å². The Bertz CT molecular complexity index is 535. The Hall–Kier alpha value is -1.19. The van der Waals surface area contributed by atoms with E-state index in [-0.39, 0.29) is 6.04 Å². The van der Waals surface area contributed by atoms with Crippen LogP contribution in [0.5, 0.6) is 0 Å². The van der Waals surface area contributed by atoms with Crippen molar-refractivity contribution in [3.05, 3.63) is 63.4 Å². The first kappa shape index (κ1) is 13.2. The van der Waals surface area contributed by atoms with E-state index in [4.69, 9.17) is 0 Å². The van der Waals surface area contributed by atoms with Crippen LogP contribution >= 0.6 is 15.9 Å². The second kappa shape index (κ2) is 5.63. The van der Waals surface area contributed by atoms with Crippen molar-refractivity contribution in [1.29, 1.82) is 0 Å². The van der Waals surface area contributed by atoms with Gasteiger partial charge in [0.2, 0.25) is 0 Å². The highest BCUT2D eigenvalue weighted by atomic mass is 79.9. The molecule has 0 saturated heterocycles. The predicted molar refractivity (Wildman–Crippen MR) is 78.8 cm³/mol. The average molecular weight is 305 g/mol. The number of hydrogen-bond donors (Lipinski definition) is 1. The second-order valence-electron chi connectivity index (χ2n) is 4.43. The molecule has 0 bridgehead atoms. The molecule has 1 unspecified atom stereocenters. The van der Waals surface area contributed by atoms with E-state index in [9.17, 15) is 0 Å². The van der Waals surface area contributed by atoms with Crippen molar-refractivity contribution < 1.29 is 0 Å². The highest BCUT2D eigenvalue weighted by Crippen LogP contribution is 2.30. The van der Waals surface area contributed by atoms with Crippen LogP contribution < -0.4 is 5.32 Å². The molecule has 1 N–H and O–H groups in total. The fraction of sp³-hybridized carbons (Fsp3) is 0.267. The van der Waals surface area contributed by atoms with Crippen molar-refractivity contribution in [3.8, 4) is 0 Å². The molecule has 0 spiro atoms. The lowest BCUT2D eigenvalue weighted by Crippen LogP contribution is -2.18. The third-order valence-corrected chi connectivity index (χ3v) is 4.17. The van der Waals surface area contributed by atoms with Gasteiger partial charge in [0.15, 0.2) is 0 Å². The summed E-state index contributed by atoms with van der Waals surface area (Å²) in [5.74, 6) is 0. The summed E-state index contributed by atoms with van der Waals surface area (Å²) in [5.41, 5.74) is 4.70. The molecule has 3 heteroatoms. The van der Waals surface area contributed by atoms with Gasteiger partial charge in [-0.05, 0) is 43.7 Å². The third kappa shape index (κ3) is 2.62. The maximum absolute atomic E-state index is 4.37. The second-order valence-corrected chi connectivity index (χ2v) is 5.23. The first-order chi connectivity index (χ1) is 8.63. The van der Waals surface area contributed by atoms with Gasteiger partial charge in [-0.1, -0.05) is 40.2 Å². The van der Waals surface area contributed by atoms with Crippen LogP contribution in [0.25, 0.3) is 0 Å². The van der Waals surface area contributed by atoms with Gasteiger partial charge in [0, 0.05) is 16.4 Å². The number of aromatic nitrogens is 1. The monoisotopic (exact) mass is 304 g/mol. The van der Waals surface area contributed by atoms with Crippen LogP contribution in [0, 0.1) is 13.8 Å². The van der Waals surface area contributed by atoms with Crippen LogP contribution in [0.3, 0.4) is 0 Å². The molecule has 0 radical (unpaired) electrons. The Morgan fingerprint density at radius 3 is 2.56 bits per heavy atom. The smallest absolute Gasteiger partial charge is 0.0600 e. The number of benzene rings is 1. The summed E-state index contributed by atoms with van der Waals surface area (Å²) in [6.07, 6.45) is 1.94. The summed E-state index contributed by atoms with van der Waals surface area (Å²) in [6.45, 7) is 4.11. The number of halogens is 1. The highest BCUT2D eigenvalue weighted by molar-refractivity contribution is 9.10. The molecule has 0 saturated carbocycles. The van der Waals surface area contributed by atoms with Crippen molar-refractivity contribution in [2.24, 2.45) is 0 Å². The number of rotatable bonds is 3. The van der Waals surface area contributed by atoms with E-state index in [2.05, 4.69) is 57.4 Å². The molecule has 2 rings (SSSR count). The van der Waals surface area contributed by atoms with E-state index < -0.39 is 0 Å². The SMILES string of the molecule is CNC(c1ccc(C)nc1)c1cccc(C)c1Br. The molecule has 0 amide bonds. The van der Waals surface area contributed by atoms with E-state index >= 15 is 0 Å². The van der Waals surface area contributed by atoms with Crippen molar-refractivity contribution in [2.75, 3.05) is 7.05 Å². The molecule has 1 aromatic heterocycles. The van der Waals surface area contributed by atoms with Crippen molar-refractivity contribution in [1.82, 2.24) is 10.3 Å². The van der Waals surface area contributed by atoms with Crippen LogP contribution in [-0.4, -0.2) is 12.0 Å². The van der Waals surface area contributed by atoms with Crippen LogP contribution in [0.1, 0.15) is 28.4 Å². The molecule has 0 fully saturated rings. The lowest BCUT2D eigenvalue weighted by atomic mass is 9.98. The van der Waals surface area contributed by atoms with Crippen molar-refractivity contribution in [2.45, 2.75) is 19.9 Å². The molecule has 0 aliphatic heterocycles. The normalized spacial score (nSPS) is 12.4. The van der Waals surface area contributed by atoms with E-state index in [1.807, 2.05) is 26.2 Å². The maximum atomic E-state index is 4.37. The zero-order chi connectivity index (χ0) is 13.1. The minimum absolute atomic E-state index is 0.160. The van der Waals surface area contributed by atoms with Gasteiger partial charge in [-0.25, -0.2) is 0 Å². The van der Waals surface area contributed by atoms with E-state index in [1.54, 1.807) is 0 Å². The van der Waals surface area contributed by atoms with Crippen LogP contribution in [0.2, 0.25) is 0 Å². The molecule has 18 heavy (non-hydrogen) atoms. The molecular formula is C15H17BrN2. The summed E-state index contributed by atoms with van der Waals surface area (Å²) in [6, 6.07) is 10.7. The Balaban J connectivity index is 2.45. The highest BCUT2D eigenvalue weighted by Gasteiger charge is 2.15. The van der Waals surface area contributed by atoms with Crippen molar-refractivity contribution in [3.63, 3.8) is 0 Å². The number of nitrogens with one attached hydrogen (secondary N) is 1. The molecule has 2 nitrogen and oxygen atoms in total. The summed E-state index contributed by atoms with van der Waals surface area (Å²) in [5, 5.41) is 3.35. The van der Waals surface area contributed by atoms with Gasteiger partial charge in [-0.3, -0.25) is 4.98 Å². The van der Waals surface area contributed by atoms with Crippen LogP contribution in [-0.2, 0) is 0 Å². The molecule has 94 valence electrons. The van der Waals surface area contributed by atoms with Gasteiger partial charge in [0.1, 0.15) is 0 Å². The summed E-state index contributed by atoms with van der Waals surface area (Å²) in [4.78, 5) is 4.37. The van der Waals surface area contributed by atoms with Crippen LogP contribution in [0.4, 0.5) is 0 Å². The van der Waals surface area contributed by atoms with Gasteiger partial charge in [-0.2, -0.15) is 0 Å². The summed E-state index contributed by atoms with van der Waals surface area (Å²) >= 11 is 3.67. The van der Waals surface area contributed by atoms with E-state index in [1.165, 1.54) is 16.7 Å². The lowest BCUT2D eigenvalue weighted by Gasteiger charge is -2.19. The first-order valence-corrected chi connectivity index (χ1v) is 6.77. The topological polar surface area (TPSA) is 24.9 Å². The quantitative estimate of drug-likeness (QED) is 0.933. The zero-order valence-electron chi connectivity index (χ0n) is 10.9.